The molecule has 0 fully saturated rings. The summed E-state index contributed by atoms with van der Waals surface area (Å²) in [6, 6.07) is 5.76. The number of nitrogen functional groups attached to an aromatic ring is 1. The van der Waals surface area contributed by atoms with E-state index in [0.717, 1.165) is 24.3 Å². The average Bonchev–Trinajstić information content (AvgIpc) is 2.28. The Morgan fingerprint density at radius 1 is 1.35 bits per heavy atom. The van der Waals surface area contributed by atoms with Gasteiger partial charge in [-0.1, -0.05) is 25.8 Å². The highest BCUT2D eigenvalue weighted by atomic mass is 14.9. The highest BCUT2D eigenvalue weighted by Gasteiger charge is 2.03. The first kappa shape index (κ1) is 13.4. The van der Waals surface area contributed by atoms with Crippen molar-refractivity contribution in [2.45, 2.75) is 33.1 Å². The van der Waals surface area contributed by atoms with Crippen LogP contribution in [0.1, 0.15) is 33.1 Å². The molecule has 0 amide bonds. The molecule has 1 rings (SSSR count). The Bertz CT molecular complexity index is 381. The van der Waals surface area contributed by atoms with Crippen molar-refractivity contribution in [1.29, 1.82) is 0 Å². The van der Waals surface area contributed by atoms with Gasteiger partial charge in [0.05, 0.1) is 22.9 Å². The van der Waals surface area contributed by atoms with Crippen LogP contribution in [0.2, 0.25) is 0 Å². The van der Waals surface area contributed by atoms with Crippen LogP contribution < -0.4 is 16.8 Å². The van der Waals surface area contributed by atoms with Crippen molar-refractivity contribution in [3.63, 3.8) is 0 Å². The van der Waals surface area contributed by atoms with E-state index in [-0.39, 0.29) is 0 Å². The molecule has 0 aliphatic carbocycles. The number of anilines is 2. The lowest BCUT2D eigenvalue weighted by Gasteiger charge is -2.10. The summed E-state index contributed by atoms with van der Waals surface area (Å²) in [5, 5.41) is 3.33. The van der Waals surface area contributed by atoms with Crippen molar-refractivity contribution in [3.05, 3.63) is 18.2 Å². The molecular formula is C13H22N4. The van der Waals surface area contributed by atoms with Crippen LogP contribution in [0.3, 0.4) is 0 Å². The average molecular weight is 234 g/mol. The predicted molar refractivity (Wildman–Crippen MR) is 75.8 cm³/mol. The summed E-state index contributed by atoms with van der Waals surface area (Å²) in [6.45, 7) is 4.88. The molecule has 0 spiro atoms. The van der Waals surface area contributed by atoms with Gasteiger partial charge >= 0.3 is 0 Å². The van der Waals surface area contributed by atoms with Crippen molar-refractivity contribution in [2.24, 2.45) is 10.7 Å². The van der Waals surface area contributed by atoms with Crippen LogP contribution >= 0.6 is 0 Å². The molecule has 0 bridgehead atoms. The van der Waals surface area contributed by atoms with Gasteiger partial charge < -0.3 is 16.8 Å². The minimum absolute atomic E-state index is 0.514. The van der Waals surface area contributed by atoms with Crippen molar-refractivity contribution in [2.75, 3.05) is 17.6 Å². The number of nitrogens with two attached hydrogens (primary N) is 2. The number of aliphatic imine (C=N–C) groups is 1. The first-order valence-corrected chi connectivity index (χ1v) is 6.08. The minimum atomic E-state index is 0.514. The summed E-state index contributed by atoms with van der Waals surface area (Å²) in [4.78, 5) is 4.19. The maximum atomic E-state index is 6.02. The molecule has 0 aromatic heterocycles. The number of nitrogens with zero attached hydrogens (tertiary/aromatic N) is 1. The Morgan fingerprint density at radius 3 is 2.76 bits per heavy atom. The monoisotopic (exact) mass is 234 g/mol. The molecule has 4 heteroatoms. The van der Waals surface area contributed by atoms with E-state index in [1.807, 2.05) is 18.2 Å². The Kier molecular flexibility index (Phi) is 5.33. The fourth-order valence-electron chi connectivity index (χ4n) is 1.59. The molecule has 0 atom stereocenters. The van der Waals surface area contributed by atoms with Gasteiger partial charge in [0.15, 0.2) is 0 Å². The zero-order chi connectivity index (χ0) is 12.7. The third kappa shape index (κ3) is 4.34. The largest absolute Gasteiger partial charge is 0.395 e. The molecule has 0 heterocycles. The smallest absolute Gasteiger partial charge is 0.0965 e. The lowest BCUT2D eigenvalue weighted by molar-refractivity contribution is 0.744. The van der Waals surface area contributed by atoms with Gasteiger partial charge in [-0.3, -0.25) is 0 Å². The first-order valence-electron chi connectivity index (χ1n) is 6.08. The number of unbranched alkanes of at least 4 members (excludes halogenated alkanes) is 2. The predicted octanol–water partition coefficient (Wildman–Crippen LogP) is 2.88. The molecule has 94 valence electrons. The van der Waals surface area contributed by atoms with Gasteiger partial charge in [-0.15, -0.1) is 0 Å². The molecule has 0 aliphatic heterocycles. The Morgan fingerprint density at radius 2 is 2.12 bits per heavy atom. The number of amidine groups is 1. The van der Waals surface area contributed by atoms with Gasteiger partial charge in [-0.05, 0) is 25.5 Å². The van der Waals surface area contributed by atoms with Crippen LogP contribution in [-0.2, 0) is 0 Å². The molecule has 1 aromatic carbocycles. The molecule has 0 unspecified atom stereocenters. The molecule has 4 nitrogen and oxygen atoms in total. The number of nitrogens with one attached hydrogen (secondary N) is 1. The van der Waals surface area contributed by atoms with Gasteiger partial charge in [0.25, 0.3) is 0 Å². The fraction of sp³-hybridized carbons (Fsp3) is 0.462. The van der Waals surface area contributed by atoms with Crippen molar-refractivity contribution in [1.82, 2.24) is 0 Å². The summed E-state index contributed by atoms with van der Waals surface area (Å²) in [7, 11) is 0. The van der Waals surface area contributed by atoms with Gasteiger partial charge in [-0.2, -0.15) is 0 Å². The summed E-state index contributed by atoms with van der Waals surface area (Å²) >= 11 is 0. The molecule has 5 N–H and O–H groups in total. The molecule has 0 saturated carbocycles. The van der Waals surface area contributed by atoms with E-state index < -0.39 is 0 Å². The summed E-state index contributed by atoms with van der Waals surface area (Å²) < 4.78 is 0. The van der Waals surface area contributed by atoms with Crippen molar-refractivity contribution in [3.8, 4) is 0 Å². The Labute approximate surface area is 103 Å². The van der Waals surface area contributed by atoms with E-state index in [2.05, 4.69) is 17.2 Å². The van der Waals surface area contributed by atoms with Gasteiger partial charge in [0.1, 0.15) is 0 Å². The Balaban J connectivity index is 2.70. The third-order valence-corrected chi connectivity index (χ3v) is 2.48. The van der Waals surface area contributed by atoms with Crippen LogP contribution in [0, 0.1) is 0 Å². The summed E-state index contributed by atoms with van der Waals surface area (Å²) in [5.74, 6) is 0.514. The lowest BCUT2D eigenvalue weighted by Crippen LogP contribution is -2.06. The quantitative estimate of drug-likeness (QED) is 0.306. The van der Waals surface area contributed by atoms with Crippen LogP contribution in [0.15, 0.2) is 23.2 Å². The van der Waals surface area contributed by atoms with E-state index in [1.165, 1.54) is 12.8 Å². The lowest BCUT2D eigenvalue weighted by atomic mass is 10.2. The van der Waals surface area contributed by atoms with E-state index in [4.69, 9.17) is 11.5 Å². The highest BCUT2D eigenvalue weighted by molar-refractivity contribution is 5.86. The van der Waals surface area contributed by atoms with Crippen LogP contribution in [0.25, 0.3) is 0 Å². The maximum Gasteiger partial charge on any atom is 0.0965 e. The van der Waals surface area contributed by atoms with Gasteiger partial charge in [0.2, 0.25) is 0 Å². The minimum Gasteiger partial charge on any atom is -0.395 e. The van der Waals surface area contributed by atoms with E-state index in [1.54, 1.807) is 6.92 Å². The number of para-hydroxylation sites is 1. The Hall–Kier alpha value is -1.71. The molecule has 0 radical (unpaired) electrons. The number of hydrogen-bond donors (Lipinski definition) is 3. The molecule has 0 saturated heterocycles. The second-order valence-corrected chi connectivity index (χ2v) is 4.13. The number of benzene rings is 1. The molecule has 1 aromatic rings. The van der Waals surface area contributed by atoms with E-state index in [0.29, 0.717) is 11.5 Å². The summed E-state index contributed by atoms with van der Waals surface area (Å²) in [5.41, 5.74) is 13.9. The summed E-state index contributed by atoms with van der Waals surface area (Å²) in [6.07, 6.45) is 3.60. The maximum absolute atomic E-state index is 6.02. The topological polar surface area (TPSA) is 76.4 Å². The van der Waals surface area contributed by atoms with Crippen LogP contribution in [-0.4, -0.2) is 12.4 Å². The van der Waals surface area contributed by atoms with Crippen LogP contribution in [0.4, 0.5) is 17.1 Å². The van der Waals surface area contributed by atoms with Gasteiger partial charge in [0, 0.05) is 6.54 Å². The first-order chi connectivity index (χ1) is 8.15. The van der Waals surface area contributed by atoms with E-state index >= 15 is 0 Å². The molecular weight excluding hydrogens is 212 g/mol. The number of rotatable bonds is 6. The zero-order valence-corrected chi connectivity index (χ0v) is 10.7. The number of hydrogen-bond acceptors (Lipinski definition) is 3. The normalized spacial score (nSPS) is 11.5. The van der Waals surface area contributed by atoms with Crippen molar-refractivity contribution < 1.29 is 0 Å². The van der Waals surface area contributed by atoms with Gasteiger partial charge in [-0.25, -0.2) is 4.99 Å². The second kappa shape index (κ2) is 6.78. The standard InChI is InChI=1S/C13H22N4/c1-3-4-5-9-16-11-7-6-8-12(13(11)15)17-10(2)14/h6-8,16H,3-5,9,15H2,1-2H3,(H2,14,17). The highest BCUT2D eigenvalue weighted by Crippen LogP contribution is 2.29. The van der Waals surface area contributed by atoms with E-state index in [9.17, 15) is 0 Å². The van der Waals surface area contributed by atoms with Crippen LogP contribution in [0.5, 0.6) is 0 Å². The molecule has 17 heavy (non-hydrogen) atoms. The molecule has 0 aliphatic rings. The SMILES string of the molecule is CCCCCNc1cccc(N=C(C)N)c1N. The van der Waals surface area contributed by atoms with Crippen molar-refractivity contribution >= 4 is 22.9 Å². The third-order valence-electron chi connectivity index (χ3n) is 2.48. The second-order valence-electron chi connectivity index (χ2n) is 4.13. The zero-order valence-electron chi connectivity index (χ0n) is 10.7. The fourth-order valence-corrected chi connectivity index (χ4v) is 1.59.